The topological polar surface area (TPSA) is 4.41 Å². The van der Waals surface area contributed by atoms with Gasteiger partial charge in [0.1, 0.15) is 0 Å². The molecular formula is C26H26BrN. The molecule has 142 valence electrons. The SMILES string of the molecule is CC(C)(C)c1ccc2c(c1)c1cc(C(C)(C)C)cc3c4cc(Br)ccc4n2c31. The predicted octanol–water partition coefficient (Wildman–Crippen LogP) is 8.19. The third-order valence-electron chi connectivity index (χ3n) is 6.08. The molecule has 1 nitrogen and oxygen atoms in total. The highest BCUT2D eigenvalue weighted by atomic mass is 79.9. The fourth-order valence-electron chi connectivity index (χ4n) is 4.42. The minimum absolute atomic E-state index is 0.107. The van der Waals surface area contributed by atoms with E-state index in [0.717, 1.165) is 4.47 Å². The summed E-state index contributed by atoms with van der Waals surface area (Å²) in [6.07, 6.45) is 0. The van der Waals surface area contributed by atoms with Gasteiger partial charge in [-0.3, -0.25) is 0 Å². The fraction of sp³-hybridized carbons (Fsp3) is 0.308. The third-order valence-corrected chi connectivity index (χ3v) is 6.58. The molecule has 0 amide bonds. The number of aromatic nitrogens is 1. The highest BCUT2D eigenvalue weighted by Crippen LogP contribution is 2.43. The number of fused-ring (bicyclic) bond motifs is 6. The molecule has 3 aromatic carbocycles. The summed E-state index contributed by atoms with van der Waals surface area (Å²) in [6, 6.07) is 18.5. The Balaban J connectivity index is 2.06. The molecule has 0 bridgehead atoms. The second kappa shape index (κ2) is 5.51. The first-order valence-corrected chi connectivity index (χ1v) is 10.8. The first kappa shape index (κ1) is 18.0. The van der Waals surface area contributed by atoms with Crippen LogP contribution in [0.15, 0.2) is 53.0 Å². The molecule has 0 N–H and O–H groups in total. The second-order valence-electron chi connectivity index (χ2n) is 10.1. The van der Waals surface area contributed by atoms with Crippen LogP contribution in [0, 0.1) is 0 Å². The Morgan fingerprint density at radius 1 is 0.607 bits per heavy atom. The van der Waals surface area contributed by atoms with Crippen molar-refractivity contribution in [3.8, 4) is 0 Å². The van der Waals surface area contributed by atoms with Crippen LogP contribution in [-0.4, -0.2) is 4.40 Å². The quantitative estimate of drug-likeness (QED) is 0.232. The summed E-state index contributed by atoms with van der Waals surface area (Å²) in [7, 11) is 0. The minimum Gasteiger partial charge on any atom is -0.308 e. The number of halogens is 1. The Bertz CT molecular complexity index is 1370. The fourth-order valence-corrected chi connectivity index (χ4v) is 4.78. The molecule has 2 heterocycles. The van der Waals surface area contributed by atoms with Crippen molar-refractivity contribution < 1.29 is 0 Å². The molecule has 0 unspecified atom stereocenters. The number of hydrogen-bond donors (Lipinski definition) is 0. The monoisotopic (exact) mass is 431 g/mol. The predicted molar refractivity (Wildman–Crippen MR) is 126 cm³/mol. The van der Waals surface area contributed by atoms with E-state index in [1.807, 2.05) is 0 Å². The molecule has 0 spiro atoms. The summed E-state index contributed by atoms with van der Waals surface area (Å²) in [5, 5.41) is 5.41. The Hall–Kier alpha value is -2.06. The number of benzene rings is 3. The van der Waals surface area contributed by atoms with Crippen LogP contribution in [-0.2, 0) is 10.8 Å². The van der Waals surface area contributed by atoms with E-state index in [4.69, 9.17) is 0 Å². The van der Waals surface area contributed by atoms with Gasteiger partial charge in [0.25, 0.3) is 0 Å². The lowest BCUT2D eigenvalue weighted by Gasteiger charge is -2.20. The van der Waals surface area contributed by atoms with Gasteiger partial charge in [-0.15, -0.1) is 0 Å². The van der Waals surface area contributed by atoms with Crippen LogP contribution in [0.4, 0.5) is 0 Å². The van der Waals surface area contributed by atoms with Gasteiger partial charge in [0.15, 0.2) is 0 Å². The van der Waals surface area contributed by atoms with Crippen LogP contribution in [0.3, 0.4) is 0 Å². The zero-order valence-corrected chi connectivity index (χ0v) is 19.0. The van der Waals surface area contributed by atoms with Gasteiger partial charge in [0, 0.05) is 26.0 Å². The largest absolute Gasteiger partial charge is 0.308 e. The smallest absolute Gasteiger partial charge is 0.0620 e. The van der Waals surface area contributed by atoms with E-state index < -0.39 is 0 Å². The maximum Gasteiger partial charge on any atom is 0.0620 e. The Kier molecular flexibility index (Phi) is 3.54. The normalized spacial score (nSPS) is 13.5. The zero-order chi connectivity index (χ0) is 20.0. The molecule has 0 aliphatic carbocycles. The molecular weight excluding hydrogens is 406 g/mol. The van der Waals surface area contributed by atoms with E-state index in [2.05, 4.69) is 110 Å². The van der Waals surface area contributed by atoms with Crippen LogP contribution in [0.2, 0.25) is 0 Å². The van der Waals surface area contributed by atoms with Gasteiger partial charge in [-0.25, -0.2) is 0 Å². The van der Waals surface area contributed by atoms with E-state index in [1.54, 1.807) is 0 Å². The molecule has 5 rings (SSSR count). The molecule has 0 saturated heterocycles. The highest BCUT2D eigenvalue weighted by Gasteiger charge is 2.23. The van der Waals surface area contributed by atoms with Gasteiger partial charge in [0.05, 0.1) is 16.6 Å². The second-order valence-corrected chi connectivity index (χ2v) is 11.1. The number of hydrogen-bond acceptors (Lipinski definition) is 0. The van der Waals surface area contributed by atoms with Crippen LogP contribution < -0.4 is 0 Å². The molecule has 5 aromatic rings. The van der Waals surface area contributed by atoms with Crippen molar-refractivity contribution in [1.82, 2.24) is 4.40 Å². The maximum atomic E-state index is 3.68. The molecule has 0 fully saturated rings. The van der Waals surface area contributed by atoms with Gasteiger partial charge in [0.2, 0.25) is 0 Å². The Morgan fingerprint density at radius 3 is 1.68 bits per heavy atom. The summed E-state index contributed by atoms with van der Waals surface area (Å²) in [4.78, 5) is 0. The van der Waals surface area contributed by atoms with Gasteiger partial charge in [-0.05, 0) is 64.4 Å². The van der Waals surface area contributed by atoms with Gasteiger partial charge < -0.3 is 4.40 Å². The van der Waals surface area contributed by atoms with Crippen molar-refractivity contribution in [1.29, 1.82) is 0 Å². The van der Waals surface area contributed by atoms with Crippen molar-refractivity contribution >= 4 is 54.0 Å². The Labute approximate surface area is 174 Å². The van der Waals surface area contributed by atoms with E-state index in [-0.39, 0.29) is 10.8 Å². The maximum absolute atomic E-state index is 3.68. The number of rotatable bonds is 0. The van der Waals surface area contributed by atoms with E-state index >= 15 is 0 Å². The highest BCUT2D eigenvalue weighted by molar-refractivity contribution is 9.10. The van der Waals surface area contributed by atoms with Crippen molar-refractivity contribution in [3.63, 3.8) is 0 Å². The molecule has 0 aliphatic heterocycles. The summed E-state index contributed by atoms with van der Waals surface area (Å²) in [5.74, 6) is 0. The molecule has 2 heteroatoms. The van der Waals surface area contributed by atoms with Crippen LogP contribution in [0.1, 0.15) is 52.7 Å². The van der Waals surface area contributed by atoms with E-state index in [9.17, 15) is 0 Å². The third kappa shape index (κ3) is 2.43. The van der Waals surface area contributed by atoms with Gasteiger partial charge in [-0.1, -0.05) is 63.5 Å². The summed E-state index contributed by atoms with van der Waals surface area (Å²) in [6.45, 7) is 13.8. The lowest BCUT2D eigenvalue weighted by molar-refractivity contribution is 0.590. The molecule has 0 radical (unpaired) electrons. The first-order chi connectivity index (χ1) is 13.1. The number of nitrogens with zero attached hydrogens (tertiary/aromatic N) is 1. The lowest BCUT2D eigenvalue weighted by Crippen LogP contribution is -2.11. The van der Waals surface area contributed by atoms with Crippen molar-refractivity contribution in [2.24, 2.45) is 0 Å². The average molecular weight is 432 g/mol. The average Bonchev–Trinajstić information content (AvgIpc) is 3.10. The molecule has 0 atom stereocenters. The van der Waals surface area contributed by atoms with E-state index in [1.165, 1.54) is 49.2 Å². The molecule has 0 saturated carbocycles. The molecule has 0 aliphatic rings. The summed E-state index contributed by atoms with van der Waals surface area (Å²) >= 11 is 3.68. The Morgan fingerprint density at radius 2 is 1.11 bits per heavy atom. The summed E-state index contributed by atoms with van der Waals surface area (Å²) < 4.78 is 3.59. The van der Waals surface area contributed by atoms with Crippen LogP contribution >= 0.6 is 15.9 Å². The zero-order valence-electron chi connectivity index (χ0n) is 17.4. The van der Waals surface area contributed by atoms with Gasteiger partial charge >= 0.3 is 0 Å². The van der Waals surface area contributed by atoms with Gasteiger partial charge in [-0.2, -0.15) is 0 Å². The van der Waals surface area contributed by atoms with Crippen molar-refractivity contribution in [3.05, 3.63) is 64.1 Å². The molecule has 28 heavy (non-hydrogen) atoms. The summed E-state index contributed by atoms with van der Waals surface area (Å²) in [5.41, 5.74) is 6.96. The first-order valence-electron chi connectivity index (χ1n) is 9.99. The van der Waals surface area contributed by atoms with Crippen LogP contribution in [0.25, 0.3) is 38.1 Å². The molecule has 2 aromatic heterocycles. The van der Waals surface area contributed by atoms with Crippen molar-refractivity contribution in [2.45, 2.75) is 52.4 Å². The standard InChI is InChI=1S/C26H26BrN/c1-25(2,3)15-7-9-22-18(11-15)20-12-16(26(4,5)6)13-21-19-14-17(27)8-10-23(19)28(22)24(20)21/h7-14H,1-6H3. The minimum atomic E-state index is 0.107. The van der Waals surface area contributed by atoms with E-state index in [0.29, 0.717) is 0 Å². The lowest BCUT2D eigenvalue weighted by atomic mass is 9.84. The van der Waals surface area contributed by atoms with Crippen LogP contribution in [0.5, 0.6) is 0 Å². The van der Waals surface area contributed by atoms with Crippen molar-refractivity contribution in [2.75, 3.05) is 0 Å².